The summed E-state index contributed by atoms with van der Waals surface area (Å²) in [7, 11) is 4.07. The molecule has 2 aromatic rings. The topological polar surface area (TPSA) is 45.3 Å². The van der Waals surface area contributed by atoms with Crippen LogP contribution in [0, 0.1) is 0 Å². The molecule has 2 rings (SSSR count). The molecule has 1 N–H and O–H groups in total. The van der Waals surface area contributed by atoms with Gasteiger partial charge < -0.3 is 14.6 Å². The smallest absolute Gasteiger partial charge is 0.248 e. The SMILES string of the molecule is CN(C)CCCOc1cccc2ccc(=O)[nH]c12. The number of rotatable bonds is 5. The summed E-state index contributed by atoms with van der Waals surface area (Å²) in [6.45, 7) is 1.63. The van der Waals surface area contributed by atoms with Gasteiger partial charge in [-0.25, -0.2) is 0 Å². The van der Waals surface area contributed by atoms with Gasteiger partial charge in [0.15, 0.2) is 0 Å². The highest BCUT2D eigenvalue weighted by Gasteiger charge is 2.02. The van der Waals surface area contributed by atoms with Crippen LogP contribution in [0.5, 0.6) is 5.75 Å². The summed E-state index contributed by atoms with van der Waals surface area (Å²) >= 11 is 0. The van der Waals surface area contributed by atoms with Gasteiger partial charge in [0.25, 0.3) is 0 Å². The van der Waals surface area contributed by atoms with E-state index in [2.05, 4.69) is 9.88 Å². The molecule has 1 aromatic carbocycles. The Bertz CT molecular complexity index is 575. The lowest BCUT2D eigenvalue weighted by Gasteiger charge is -2.11. The number of fused-ring (bicyclic) bond motifs is 1. The van der Waals surface area contributed by atoms with Gasteiger partial charge in [-0.05, 0) is 32.6 Å². The van der Waals surface area contributed by atoms with Crippen LogP contribution < -0.4 is 10.3 Å². The van der Waals surface area contributed by atoms with Crippen LogP contribution in [0.4, 0.5) is 0 Å². The first-order valence-electron chi connectivity index (χ1n) is 6.06. The summed E-state index contributed by atoms with van der Waals surface area (Å²) in [6.07, 6.45) is 0.959. The van der Waals surface area contributed by atoms with Crippen LogP contribution in [0.15, 0.2) is 35.1 Å². The molecule has 0 saturated heterocycles. The molecule has 4 nitrogen and oxygen atoms in total. The van der Waals surface area contributed by atoms with Gasteiger partial charge in [-0.15, -0.1) is 0 Å². The second-order valence-electron chi connectivity index (χ2n) is 4.55. The zero-order chi connectivity index (χ0) is 13.0. The number of pyridine rings is 1. The van der Waals surface area contributed by atoms with E-state index in [9.17, 15) is 4.79 Å². The molecule has 0 aliphatic heterocycles. The van der Waals surface area contributed by atoms with Crippen LogP contribution in [0.25, 0.3) is 10.9 Å². The van der Waals surface area contributed by atoms with Crippen molar-refractivity contribution in [3.63, 3.8) is 0 Å². The molecule has 1 aromatic heterocycles. The van der Waals surface area contributed by atoms with Gasteiger partial charge in [-0.1, -0.05) is 12.1 Å². The summed E-state index contributed by atoms with van der Waals surface area (Å²) in [6, 6.07) is 9.10. The maximum atomic E-state index is 11.3. The lowest BCUT2D eigenvalue weighted by atomic mass is 10.2. The molecular weight excluding hydrogens is 228 g/mol. The van der Waals surface area contributed by atoms with E-state index in [0.29, 0.717) is 6.61 Å². The Hall–Kier alpha value is -1.81. The van der Waals surface area contributed by atoms with Crippen molar-refractivity contribution in [1.82, 2.24) is 9.88 Å². The third kappa shape index (κ3) is 3.11. The molecular formula is C14H18N2O2. The van der Waals surface area contributed by atoms with Gasteiger partial charge in [-0.3, -0.25) is 4.79 Å². The monoisotopic (exact) mass is 246 g/mol. The Morgan fingerprint density at radius 1 is 1.22 bits per heavy atom. The Labute approximate surface area is 106 Å². The van der Waals surface area contributed by atoms with Crippen molar-refractivity contribution < 1.29 is 4.74 Å². The maximum Gasteiger partial charge on any atom is 0.248 e. The number of H-pyrrole nitrogens is 1. The predicted octanol–water partition coefficient (Wildman–Crippen LogP) is 1.86. The Balaban J connectivity index is 2.12. The summed E-state index contributed by atoms with van der Waals surface area (Å²) in [5.74, 6) is 0.740. The molecule has 0 bridgehead atoms. The number of hydrogen-bond acceptors (Lipinski definition) is 3. The molecule has 0 amide bonds. The first-order chi connectivity index (χ1) is 8.66. The fourth-order valence-electron chi connectivity index (χ4n) is 1.83. The second kappa shape index (κ2) is 5.69. The maximum absolute atomic E-state index is 11.3. The molecule has 0 aliphatic rings. The minimum absolute atomic E-state index is 0.105. The normalized spacial score (nSPS) is 11.1. The molecule has 1 heterocycles. The third-order valence-corrected chi connectivity index (χ3v) is 2.73. The van der Waals surface area contributed by atoms with Gasteiger partial charge >= 0.3 is 0 Å². The van der Waals surface area contributed by atoms with Crippen molar-refractivity contribution in [3.8, 4) is 5.75 Å². The van der Waals surface area contributed by atoms with Crippen molar-refractivity contribution in [3.05, 3.63) is 40.7 Å². The first-order valence-corrected chi connectivity index (χ1v) is 6.06. The molecule has 0 unspecified atom stereocenters. The number of hydrogen-bond donors (Lipinski definition) is 1. The van der Waals surface area contributed by atoms with Gasteiger partial charge in [0.2, 0.25) is 5.56 Å². The number of benzene rings is 1. The molecule has 96 valence electrons. The number of aromatic amines is 1. The zero-order valence-corrected chi connectivity index (χ0v) is 10.8. The van der Waals surface area contributed by atoms with E-state index >= 15 is 0 Å². The minimum Gasteiger partial charge on any atom is -0.491 e. The summed E-state index contributed by atoms with van der Waals surface area (Å²) < 4.78 is 5.73. The van der Waals surface area contributed by atoms with E-state index in [4.69, 9.17) is 4.74 Å². The first kappa shape index (κ1) is 12.6. The minimum atomic E-state index is -0.105. The van der Waals surface area contributed by atoms with Crippen LogP contribution in [0.1, 0.15) is 6.42 Å². The molecule has 0 spiro atoms. The number of ether oxygens (including phenoxy) is 1. The predicted molar refractivity (Wildman–Crippen MR) is 73.2 cm³/mol. The lowest BCUT2D eigenvalue weighted by molar-refractivity contribution is 0.283. The van der Waals surface area contributed by atoms with Crippen LogP contribution in [0.3, 0.4) is 0 Å². The average molecular weight is 246 g/mol. The highest BCUT2D eigenvalue weighted by Crippen LogP contribution is 2.22. The number of aromatic nitrogens is 1. The summed E-state index contributed by atoms with van der Waals surface area (Å²) in [4.78, 5) is 16.3. The van der Waals surface area contributed by atoms with Gasteiger partial charge in [-0.2, -0.15) is 0 Å². The van der Waals surface area contributed by atoms with Crippen LogP contribution in [-0.4, -0.2) is 37.1 Å². The third-order valence-electron chi connectivity index (χ3n) is 2.73. The summed E-state index contributed by atoms with van der Waals surface area (Å²) in [5.41, 5.74) is 0.668. The standard InChI is InChI=1S/C14H18N2O2/c1-16(2)9-4-10-18-12-6-3-5-11-7-8-13(17)15-14(11)12/h3,5-8H,4,9-10H2,1-2H3,(H,15,17). The van der Waals surface area contributed by atoms with Crippen molar-refractivity contribution in [2.45, 2.75) is 6.42 Å². The van der Waals surface area contributed by atoms with E-state index < -0.39 is 0 Å². The number of nitrogens with zero attached hydrogens (tertiary/aromatic N) is 1. The van der Waals surface area contributed by atoms with E-state index in [1.165, 1.54) is 6.07 Å². The Morgan fingerprint density at radius 3 is 2.83 bits per heavy atom. The van der Waals surface area contributed by atoms with Gasteiger partial charge in [0.05, 0.1) is 12.1 Å². The fraction of sp³-hybridized carbons (Fsp3) is 0.357. The molecule has 0 aliphatic carbocycles. The quantitative estimate of drug-likeness (QED) is 0.819. The Morgan fingerprint density at radius 2 is 2.06 bits per heavy atom. The van der Waals surface area contributed by atoms with Crippen LogP contribution in [0.2, 0.25) is 0 Å². The second-order valence-corrected chi connectivity index (χ2v) is 4.55. The van der Waals surface area contributed by atoms with E-state index in [-0.39, 0.29) is 5.56 Å². The van der Waals surface area contributed by atoms with E-state index in [0.717, 1.165) is 29.6 Å². The molecule has 0 radical (unpaired) electrons. The highest BCUT2D eigenvalue weighted by molar-refractivity contribution is 5.84. The van der Waals surface area contributed by atoms with Crippen LogP contribution >= 0.6 is 0 Å². The average Bonchev–Trinajstić information content (AvgIpc) is 2.34. The zero-order valence-electron chi connectivity index (χ0n) is 10.8. The van der Waals surface area contributed by atoms with Crippen molar-refractivity contribution in [2.75, 3.05) is 27.2 Å². The van der Waals surface area contributed by atoms with Crippen molar-refractivity contribution in [1.29, 1.82) is 0 Å². The molecule has 0 saturated carbocycles. The van der Waals surface area contributed by atoms with Crippen molar-refractivity contribution in [2.24, 2.45) is 0 Å². The number of nitrogens with one attached hydrogen (secondary N) is 1. The fourth-order valence-corrected chi connectivity index (χ4v) is 1.83. The molecule has 4 heteroatoms. The van der Waals surface area contributed by atoms with E-state index in [1.807, 2.05) is 32.3 Å². The van der Waals surface area contributed by atoms with Gasteiger partial charge in [0, 0.05) is 18.0 Å². The highest BCUT2D eigenvalue weighted by atomic mass is 16.5. The van der Waals surface area contributed by atoms with Crippen LogP contribution in [-0.2, 0) is 0 Å². The molecule has 0 atom stereocenters. The lowest BCUT2D eigenvalue weighted by Crippen LogP contribution is -2.15. The largest absolute Gasteiger partial charge is 0.491 e. The molecule has 0 fully saturated rings. The molecule has 18 heavy (non-hydrogen) atoms. The van der Waals surface area contributed by atoms with Gasteiger partial charge in [0.1, 0.15) is 5.75 Å². The Kier molecular flexibility index (Phi) is 3.99. The summed E-state index contributed by atoms with van der Waals surface area (Å²) in [5, 5.41) is 0.986. The van der Waals surface area contributed by atoms with Crippen molar-refractivity contribution >= 4 is 10.9 Å². The number of para-hydroxylation sites is 1. The van der Waals surface area contributed by atoms with E-state index in [1.54, 1.807) is 6.07 Å².